The van der Waals surface area contributed by atoms with Crippen LogP contribution in [0.1, 0.15) is 46.6 Å². The van der Waals surface area contributed by atoms with E-state index in [4.69, 9.17) is 9.17 Å². The molecule has 0 aliphatic carbocycles. The average Bonchev–Trinajstić information content (AvgIpc) is 3.15. The Morgan fingerprint density at radius 3 is 2.25 bits per heavy atom. The van der Waals surface area contributed by atoms with E-state index in [0.717, 1.165) is 40.1 Å². The molecule has 2 aromatic heterocycles. The molecule has 2 aromatic carbocycles. The van der Waals surface area contributed by atoms with Crippen LogP contribution in [0.25, 0.3) is 23.0 Å². The largest absolute Gasteiger partial charge is 0.379 e. The van der Waals surface area contributed by atoms with Gasteiger partial charge in [0.2, 0.25) is 0 Å². The smallest absolute Gasteiger partial charge is 0.332 e. The molecule has 188 valence electrons. The van der Waals surface area contributed by atoms with Crippen molar-refractivity contribution >= 4 is 27.7 Å². The summed E-state index contributed by atoms with van der Waals surface area (Å²) < 4.78 is 32.2. The van der Waals surface area contributed by atoms with Crippen LogP contribution in [0.15, 0.2) is 84.4 Å². The summed E-state index contributed by atoms with van der Waals surface area (Å²) in [5.74, 6) is 1.13. The summed E-state index contributed by atoms with van der Waals surface area (Å²) in [6.07, 6.45) is 4.46. The highest BCUT2D eigenvalue weighted by Gasteiger charge is 2.28. The van der Waals surface area contributed by atoms with Gasteiger partial charge in [-0.1, -0.05) is 57.2 Å². The standard InChI is InChI=1S/C29H33N3O3S/c1-28(2,3)21-29(4,5)31-27-26(30-25-13-9-10-19-32(25)27)23-14-16-24(17-15-23)35-36(33,34)20-18-22-11-7-6-8-12-22/h6-20,31H,21H2,1-5H3. The summed E-state index contributed by atoms with van der Waals surface area (Å²) >= 11 is 0. The minimum absolute atomic E-state index is 0.149. The quantitative estimate of drug-likeness (QED) is 0.262. The van der Waals surface area contributed by atoms with Gasteiger partial charge in [0.15, 0.2) is 0 Å². The van der Waals surface area contributed by atoms with Gasteiger partial charge < -0.3 is 9.50 Å². The van der Waals surface area contributed by atoms with Crippen molar-refractivity contribution in [2.75, 3.05) is 5.32 Å². The first-order chi connectivity index (χ1) is 16.9. The van der Waals surface area contributed by atoms with Gasteiger partial charge in [0.05, 0.1) is 5.41 Å². The second-order valence-corrected chi connectivity index (χ2v) is 12.2. The molecule has 0 bridgehead atoms. The first kappa shape index (κ1) is 25.5. The summed E-state index contributed by atoms with van der Waals surface area (Å²) in [5, 5.41) is 4.78. The van der Waals surface area contributed by atoms with Crippen LogP contribution in [0, 0.1) is 5.41 Å². The number of hydrogen-bond donors (Lipinski definition) is 1. The van der Waals surface area contributed by atoms with Crippen molar-refractivity contribution in [3.63, 3.8) is 0 Å². The Bertz CT molecular complexity index is 1460. The van der Waals surface area contributed by atoms with Crippen molar-refractivity contribution in [2.24, 2.45) is 5.41 Å². The third-order valence-corrected chi connectivity index (χ3v) is 6.42. The van der Waals surface area contributed by atoms with Crippen molar-refractivity contribution in [3.8, 4) is 17.0 Å². The van der Waals surface area contributed by atoms with E-state index in [-0.39, 0.29) is 16.7 Å². The molecule has 0 aliphatic rings. The minimum Gasteiger partial charge on any atom is -0.379 e. The number of aromatic nitrogens is 2. The maximum Gasteiger partial charge on any atom is 0.332 e. The lowest BCUT2D eigenvalue weighted by molar-refractivity contribution is 0.302. The van der Waals surface area contributed by atoms with Gasteiger partial charge in [-0.3, -0.25) is 4.40 Å². The highest BCUT2D eigenvalue weighted by Crippen LogP contribution is 2.35. The predicted octanol–water partition coefficient (Wildman–Crippen LogP) is 7.01. The SMILES string of the molecule is CC(C)(C)CC(C)(C)Nc1c(-c2ccc(OS(=O)(=O)C=Cc3ccccc3)cc2)nc2ccccn12. The number of rotatable bonds is 8. The molecule has 36 heavy (non-hydrogen) atoms. The van der Waals surface area contributed by atoms with Crippen LogP contribution in [0.4, 0.5) is 5.82 Å². The molecule has 0 aliphatic heterocycles. The number of nitrogens with one attached hydrogen (secondary N) is 1. The summed E-state index contributed by atoms with van der Waals surface area (Å²) in [5.41, 5.74) is 3.23. The van der Waals surface area contributed by atoms with E-state index in [2.05, 4.69) is 39.9 Å². The molecule has 0 amide bonds. The fourth-order valence-electron chi connectivity index (χ4n) is 4.56. The number of benzene rings is 2. The molecule has 0 spiro atoms. The summed E-state index contributed by atoms with van der Waals surface area (Å²) in [4.78, 5) is 4.86. The van der Waals surface area contributed by atoms with Crippen molar-refractivity contribution in [1.29, 1.82) is 0 Å². The van der Waals surface area contributed by atoms with Crippen LogP contribution in [-0.2, 0) is 10.1 Å². The molecule has 1 N–H and O–H groups in total. The predicted molar refractivity (Wildman–Crippen MR) is 147 cm³/mol. The van der Waals surface area contributed by atoms with Crippen LogP contribution in [0.2, 0.25) is 0 Å². The summed E-state index contributed by atoms with van der Waals surface area (Å²) in [6.45, 7) is 11.1. The fourth-order valence-corrected chi connectivity index (χ4v) is 5.32. The fraction of sp³-hybridized carbons (Fsp3) is 0.276. The zero-order chi connectivity index (χ0) is 26.0. The molecule has 0 radical (unpaired) electrons. The first-order valence-corrected chi connectivity index (χ1v) is 13.4. The van der Waals surface area contributed by atoms with E-state index < -0.39 is 10.1 Å². The molecule has 0 saturated carbocycles. The van der Waals surface area contributed by atoms with E-state index in [0.29, 0.717) is 0 Å². The molecule has 0 saturated heterocycles. The molecular weight excluding hydrogens is 470 g/mol. The average molecular weight is 504 g/mol. The number of hydrogen-bond acceptors (Lipinski definition) is 5. The third-order valence-electron chi connectivity index (χ3n) is 5.53. The molecule has 2 heterocycles. The normalized spacial score (nSPS) is 12.8. The number of anilines is 1. The van der Waals surface area contributed by atoms with Crippen LogP contribution < -0.4 is 9.50 Å². The maximum atomic E-state index is 12.4. The Hall–Kier alpha value is -3.58. The second kappa shape index (κ2) is 9.82. The zero-order valence-corrected chi connectivity index (χ0v) is 22.2. The van der Waals surface area contributed by atoms with Crippen LogP contribution in [0.3, 0.4) is 0 Å². The van der Waals surface area contributed by atoms with E-state index >= 15 is 0 Å². The lowest BCUT2D eigenvalue weighted by Gasteiger charge is -2.34. The van der Waals surface area contributed by atoms with E-state index in [1.165, 1.54) is 6.08 Å². The van der Waals surface area contributed by atoms with Gasteiger partial charge in [-0.2, -0.15) is 8.42 Å². The Morgan fingerprint density at radius 1 is 0.917 bits per heavy atom. The topological polar surface area (TPSA) is 72.7 Å². The number of fused-ring (bicyclic) bond motifs is 1. The maximum absolute atomic E-state index is 12.4. The molecule has 0 unspecified atom stereocenters. The number of pyridine rings is 1. The van der Waals surface area contributed by atoms with E-state index in [9.17, 15) is 8.42 Å². The molecule has 4 rings (SSSR count). The van der Waals surface area contributed by atoms with Gasteiger partial charge in [-0.15, -0.1) is 0 Å². The molecule has 0 atom stereocenters. The monoisotopic (exact) mass is 503 g/mol. The minimum atomic E-state index is -3.89. The van der Waals surface area contributed by atoms with Gasteiger partial charge >= 0.3 is 10.1 Å². The zero-order valence-electron chi connectivity index (χ0n) is 21.4. The Morgan fingerprint density at radius 2 is 1.58 bits per heavy atom. The van der Waals surface area contributed by atoms with Crippen LogP contribution in [-0.4, -0.2) is 23.3 Å². The van der Waals surface area contributed by atoms with Crippen molar-refractivity contribution in [1.82, 2.24) is 9.38 Å². The summed E-state index contributed by atoms with van der Waals surface area (Å²) in [7, 11) is -3.89. The van der Waals surface area contributed by atoms with E-state index in [1.54, 1.807) is 12.1 Å². The van der Waals surface area contributed by atoms with Crippen molar-refractivity contribution in [2.45, 2.75) is 46.6 Å². The van der Waals surface area contributed by atoms with Crippen LogP contribution in [0.5, 0.6) is 5.75 Å². The van der Waals surface area contributed by atoms with Crippen molar-refractivity contribution < 1.29 is 12.6 Å². The van der Waals surface area contributed by atoms with Gasteiger partial charge in [-0.25, -0.2) is 4.98 Å². The Balaban J connectivity index is 1.60. The molecule has 7 heteroatoms. The Labute approximate surface area is 213 Å². The Kier molecular flexibility index (Phi) is 6.96. The third kappa shape index (κ3) is 6.55. The highest BCUT2D eigenvalue weighted by molar-refractivity contribution is 7.90. The highest BCUT2D eigenvalue weighted by atomic mass is 32.2. The summed E-state index contributed by atoms with van der Waals surface area (Å²) in [6, 6.07) is 22.1. The lowest BCUT2D eigenvalue weighted by Crippen LogP contribution is -2.36. The van der Waals surface area contributed by atoms with Gasteiger partial charge in [-0.05, 0) is 73.7 Å². The number of imidazole rings is 1. The second-order valence-electron chi connectivity index (χ2n) is 10.8. The van der Waals surface area contributed by atoms with E-state index in [1.807, 2.05) is 71.3 Å². The molecular formula is C29H33N3O3S. The van der Waals surface area contributed by atoms with Crippen LogP contribution >= 0.6 is 0 Å². The molecule has 4 aromatic rings. The molecule has 0 fully saturated rings. The van der Waals surface area contributed by atoms with Gasteiger partial charge in [0.25, 0.3) is 0 Å². The lowest BCUT2D eigenvalue weighted by atomic mass is 9.82. The molecule has 6 nitrogen and oxygen atoms in total. The first-order valence-electron chi connectivity index (χ1n) is 11.9. The van der Waals surface area contributed by atoms with Crippen molar-refractivity contribution in [3.05, 3.63) is 90.0 Å². The van der Waals surface area contributed by atoms with Gasteiger partial charge in [0.1, 0.15) is 22.9 Å². The van der Waals surface area contributed by atoms with Gasteiger partial charge in [0, 0.05) is 17.3 Å². The number of nitrogens with zero attached hydrogens (tertiary/aromatic N) is 2.